The molecule has 0 fully saturated rings. The molecule has 0 radical (unpaired) electrons. The van der Waals surface area contributed by atoms with E-state index in [4.69, 9.17) is 0 Å². The number of rotatable bonds is 4. The van der Waals surface area contributed by atoms with Crippen molar-refractivity contribution in [3.05, 3.63) is 12.2 Å². The van der Waals surface area contributed by atoms with Gasteiger partial charge in [0.2, 0.25) is 0 Å². The van der Waals surface area contributed by atoms with Crippen LogP contribution in [0.25, 0.3) is 0 Å². The van der Waals surface area contributed by atoms with E-state index in [-0.39, 0.29) is 5.91 Å². The third kappa shape index (κ3) is 7.28. The Hall–Kier alpha value is -0.830. The maximum absolute atomic E-state index is 11.1. The first kappa shape index (κ1) is 11.2. The number of hydrogen-bond acceptors (Lipinski definition) is 1. The fraction of sp³-hybridized carbons (Fsp3) is 0.667. The normalized spacial score (nSPS) is 12.0. The zero-order valence-corrected chi connectivity index (χ0v) is 8.42. The van der Waals surface area contributed by atoms with Gasteiger partial charge in [-0.05, 0) is 6.42 Å². The summed E-state index contributed by atoms with van der Waals surface area (Å²) in [6.45, 7) is 2.09. The van der Waals surface area contributed by atoms with Crippen LogP contribution in [0.3, 0.4) is 0 Å². The van der Waals surface area contributed by atoms with Crippen molar-refractivity contribution < 1.29 is 9.39 Å². The van der Waals surface area contributed by atoms with Crippen molar-refractivity contribution in [2.45, 2.75) is 19.8 Å². The molecule has 0 aliphatic rings. The predicted molar refractivity (Wildman–Crippen MR) is 50.2 cm³/mol. The van der Waals surface area contributed by atoms with E-state index < -0.39 is 0 Å². The quantitative estimate of drug-likeness (QED) is 0.383. The molecule has 0 aromatic heterocycles. The molecule has 0 aliphatic heterocycles. The molecule has 70 valence electrons. The topological polar surface area (TPSA) is 29.1 Å². The summed E-state index contributed by atoms with van der Waals surface area (Å²) in [5.41, 5.74) is 2.79. The summed E-state index contributed by atoms with van der Waals surface area (Å²) in [6, 6.07) is 0. The van der Waals surface area contributed by atoms with Crippen molar-refractivity contribution >= 4 is 5.91 Å². The van der Waals surface area contributed by atoms with E-state index in [1.165, 1.54) is 0 Å². The molecule has 0 aromatic rings. The molecule has 0 aromatic carbocycles. The first-order valence-corrected chi connectivity index (χ1v) is 4.26. The van der Waals surface area contributed by atoms with Crippen LogP contribution in [-0.4, -0.2) is 31.6 Å². The largest absolute Gasteiger partial charge is 0.288 e. The molecule has 0 saturated carbocycles. The fourth-order valence-electron chi connectivity index (χ4n) is 0.725. The second-order valence-electron chi connectivity index (χ2n) is 3.68. The van der Waals surface area contributed by atoms with Gasteiger partial charge in [-0.2, -0.15) is 5.43 Å². The van der Waals surface area contributed by atoms with Crippen LogP contribution < -0.4 is 5.43 Å². The number of carbonyl (C=O) groups excluding carboxylic acids is 1. The van der Waals surface area contributed by atoms with Gasteiger partial charge < -0.3 is 0 Å². The molecule has 12 heavy (non-hydrogen) atoms. The van der Waals surface area contributed by atoms with Gasteiger partial charge >= 0.3 is 0 Å². The van der Waals surface area contributed by atoms with E-state index in [2.05, 4.69) is 12.3 Å². The summed E-state index contributed by atoms with van der Waals surface area (Å²) in [5.74, 6) is -0.0315. The van der Waals surface area contributed by atoms with Crippen molar-refractivity contribution in [1.82, 2.24) is 5.43 Å². The maximum atomic E-state index is 11.1. The van der Waals surface area contributed by atoms with Gasteiger partial charge in [-0.1, -0.05) is 19.4 Å². The van der Waals surface area contributed by atoms with Gasteiger partial charge in [0.05, 0.1) is 21.1 Å². The molecule has 0 aliphatic carbocycles. The predicted octanol–water partition coefficient (Wildman–Crippen LogP) is 1.08. The molecule has 0 rings (SSSR count). The summed E-state index contributed by atoms with van der Waals surface area (Å²) in [6.07, 6.45) is 5.52. The van der Waals surface area contributed by atoms with E-state index >= 15 is 0 Å². The molecule has 3 heteroatoms. The van der Waals surface area contributed by atoms with Crippen molar-refractivity contribution in [2.75, 3.05) is 21.1 Å². The van der Waals surface area contributed by atoms with Gasteiger partial charge in [0.25, 0.3) is 5.91 Å². The molecule has 1 N–H and O–H groups in total. The zero-order valence-electron chi connectivity index (χ0n) is 8.42. The molecular formula is C9H19N2O+. The minimum atomic E-state index is -0.0315. The molecule has 3 nitrogen and oxygen atoms in total. The molecule has 0 atom stereocenters. The van der Waals surface area contributed by atoms with Crippen molar-refractivity contribution in [3.8, 4) is 0 Å². The average molecular weight is 171 g/mol. The van der Waals surface area contributed by atoms with Gasteiger partial charge in [-0.3, -0.25) is 4.79 Å². The maximum Gasteiger partial charge on any atom is 0.288 e. The van der Waals surface area contributed by atoms with Crippen LogP contribution in [-0.2, 0) is 4.79 Å². The first-order valence-electron chi connectivity index (χ1n) is 4.26. The fourth-order valence-corrected chi connectivity index (χ4v) is 0.725. The number of allylic oxidation sites excluding steroid dienone is 1. The van der Waals surface area contributed by atoms with Gasteiger partial charge in [0.15, 0.2) is 0 Å². The summed E-state index contributed by atoms with van der Waals surface area (Å²) in [4.78, 5) is 11.1. The Balaban J connectivity index is 3.75. The van der Waals surface area contributed by atoms with Crippen molar-refractivity contribution in [1.29, 1.82) is 0 Å². The highest BCUT2D eigenvalue weighted by Gasteiger charge is 2.08. The summed E-state index contributed by atoms with van der Waals surface area (Å²) < 4.78 is 0.454. The third-order valence-corrected chi connectivity index (χ3v) is 1.17. The number of unbranched alkanes of at least 4 members (excludes halogenated alkanes) is 1. The van der Waals surface area contributed by atoms with Gasteiger partial charge in [-0.25, -0.2) is 4.59 Å². The molecular weight excluding hydrogens is 152 g/mol. The molecule has 0 heterocycles. The summed E-state index contributed by atoms with van der Waals surface area (Å²) >= 11 is 0. The lowest BCUT2D eigenvalue weighted by atomic mass is 10.3. The second-order valence-corrected chi connectivity index (χ2v) is 3.68. The van der Waals surface area contributed by atoms with E-state index in [0.29, 0.717) is 4.59 Å². The standard InChI is InChI=1S/C9H18N2O/c1-5-6-7-8-9(12)10-11(2,3)4/h7-8H,5-6H2,1-4H3/p+1. The molecule has 1 amide bonds. The van der Waals surface area contributed by atoms with Crippen molar-refractivity contribution in [3.63, 3.8) is 0 Å². The lowest BCUT2D eigenvalue weighted by molar-refractivity contribution is -0.905. The number of nitrogens with zero attached hydrogens (tertiary/aromatic N) is 1. The van der Waals surface area contributed by atoms with Crippen LogP contribution in [0.1, 0.15) is 19.8 Å². The number of hydrogen-bond donors (Lipinski definition) is 1. The number of nitrogens with one attached hydrogen (secondary N) is 1. The Morgan fingerprint density at radius 1 is 1.42 bits per heavy atom. The minimum Gasteiger partial charge on any atom is -0.265 e. The molecule has 0 bridgehead atoms. The van der Waals surface area contributed by atoms with E-state index in [1.54, 1.807) is 6.08 Å². The Morgan fingerprint density at radius 2 is 2.00 bits per heavy atom. The Morgan fingerprint density at radius 3 is 2.42 bits per heavy atom. The summed E-state index contributed by atoms with van der Waals surface area (Å²) in [7, 11) is 5.72. The monoisotopic (exact) mass is 171 g/mol. The molecule has 0 saturated heterocycles. The second kappa shape index (κ2) is 4.93. The first-order chi connectivity index (χ1) is 5.45. The van der Waals surface area contributed by atoms with E-state index in [1.807, 2.05) is 27.2 Å². The SMILES string of the molecule is CCCC=CC(=O)N[N+](C)(C)C. The lowest BCUT2D eigenvalue weighted by Crippen LogP contribution is -2.50. The van der Waals surface area contributed by atoms with Gasteiger partial charge in [0, 0.05) is 6.08 Å². The Kier molecular flexibility index (Phi) is 4.59. The van der Waals surface area contributed by atoms with Crippen LogP contribution in [0.2, 0.25) is 0 Å². The number of amides is 1. The highest BCUT2D eigenvalue weighted by atomic mass is 16.2. The number of carbonyl (C=O) groups is 1. The van der Waals surface area contributed by atoms with Crippen LogP contribution in [0.15, 0.2) is 12.2 Å². The zero-order chi connectivity index (χ0) is 9.61. The Labute approximate surface area is 74.6 Å². The van der Waals surface area contributed by atoms with Crippen LogP contribution in [0.4, 0.5) is 0 Å². The van der Waals surface area contributed by atoms with Crippen LogP contribution in [0, 0.1) is 0 Å². The van der Waals surface area contributed by atoms with E-state index in [0.717, 1.165) is 12.8 Å². The molecule has 0 unspecified atom stereocenters. The van der Waals surface area contributed by atoms with Crippen LogP contribution >= 0.6 is 0 Å². The highest BCUT2D eigenvalue weighted by Crippen LogP contribution is 1.89. The van der Waals surface area contributed by atoms with Crippen LogP contribution in [0.5, 0.6) is 0 Å². The van der Waals surface area contributed by atoms with Gasteiger partial charge in [0.1, 0.15) is 0 Å². The van der Waals surface area contributed by atoms with Crippen molar-refractivity contribution in [2.24, 2.45) is 0 Å². The minimum absolute atomic E-state index is 0.0315. The third-order valence-electron chi connectivity index (χ3n) is 1.17. The average Bonchev–Trinajstić information content (AvgIpc) is 1.84. The molecule has 0 spiro atoms. The van der Waals surface area contributed by atoms with Gasteiger partial charge in [-0.15, -0.1) is 0 Å². The summed E-state index contributed by atoms with van der Waals surface area (Å²) in [5, 5.41) is 0. The number of quaternary nitrogens is 1. The smallest absolute Gasteiger partial charge is 0.265 e. The van der Waals surface area contributed by atoms with E-state index in [9.17, 15) is 4.79 Å². The Bertz CT molecular complexity index is 168. The highest BCUT2D eigenvalue weighted by molar-refractivity contribution is 5.86. The lowest BCUT2D eigenvalue weighted by Gasteiger charge is -2.22.